The zero-order chi connectivity index (χ0) is 23.2. The van der Waals surface area contributed by atoms with Gasteiger partial charge in [0, 0.05) is 18.1 Å². The fourth-order valence-corrected chi connectivity index (χ4v) is 2.40. The molecule has 9 heteroatoms. The van der Waals surface area contributed by atoms with E-state index < -0.39 is 17.7 Å². The molecule has 0 aliphatic carbocycles. The molecule has 1 N–H and O–H groups in total. The number of alkyl halides is 3. The highest BCUT2D eigenvalue weighted by molar-refractivity contribution is 5.76. The molecule has 164 valence electrons. The van der Waals surface area contributed by atoms with Gasteiger partial charge in [-0.1, -0.05) is 17.9 Å². The molecule has 0 saturated heterocycles. The van der Waals surface area contributed by atoms with E-state index in [9.17, 15) is 18.0 Å². The third-order valence-electron chi connectivity index (χ3n) is 3.85. The van der Waals surface area contributed by atoms with E-state index in [1.807, 2.05) is 18.2 Å². The zero-order valence-electron chi connectivity index (χ0n) is 17.1. The molecule has 0 aliphatic rings. The van der Waals surface area contributed by atoms with Gasteiger partial charge in [0.1, 0.15) is 11.6 Å². The molecule has 2 heterocycles. The van der Waals surface area contributed by atoms with Crippen LogP contribution in [0, 0.1) is 11.8 Å². The van der Waals surface area contributed by atoms with Crippen LogP contribution in [0.4, 0.5) is 24.7 Å². The van der Waals surface area contributed by atoms with Crippen LogP contribution in [-0.4, -0.2) is 27.7 Å². The number of nitrogens with one attached hydrogen (secondary N) is 1. The van der Waals surface area contributed by atoms with Gasteiger partial charge < -0.3 is 14.8 Å². The predicted molar refractivity (Wildman–Crippen MR) is 111 cm³/mol. The minimum Gasteiger partial charge on any atom is -0.440 e. The molecule has 0 atom stereocenters. The number of pyridine rings is 2. The van der Waals surface area contributed by atoms with Gasteiger partial charge in [-0.2, -0.15) is 13.2 Å². The van der Waals surface area contributed by atoms with Gasteiger partial charge in [0.05, 0.1) is 5.56 Å². The van der Waals surface area contributed by atoms with Gasteiger partial charge >= 0.3 is 12.1 Å². The number of hydrogen-bond acceptors (Lipinski definition) is 6. The number of benzene rings is 1. The van der Waals surface area contributed by atoms with E-state index in [-0.39, 0.29) is 5.88 Å². The maximum atomic E-state index is 12.4. The van der Waals surface area contributed by atoms with Gasteiger partial charge in [0.15, 0.2) is 5.60 Å². The molecule has 0 aliphatic heterocycles. The van der Waals surface area contributed by atoms with Crippen LogP contribution >= 0.6 is 0 Å². The highest BCUT2D eigenvalue weighted by Crippen LogP contribution is 2.25. The molecule has 0 saturated carbocycles. The number of carbonyl (C=O) groups excluding carboxylic acids is 1. The average molecular weight is 441 g/mol. The lowest BCUT2D eigenvalue weighted by Crippen LogP contribution is -2.34. The fourth-order valence-electron chi connectivity index (χ4n) is 2.40. The summed E-state index contributed by atoms with van der Waals surface area (Å²) in [6, 6.07) is 15.7. The van der Waals surface area contributed by atoms with Gasteiger partial charge in [0.2, 0.25) is 5.88 Å². The van der Waals surface area contributed by atoms with Crippen LogP contribution in [0.3, 0.4) is 0 Å². The summed E-state index contributed by atoms with van der Waals surface area (Å²) >= 11 is 0. The summed E-state index contributed by atoms with van der Waals surface area (Å²) in [4.78, 5) is 19.4. The third kappa shape index (κ3) is 6.47. The topological polar surface area (TPSA) is 73.3 Å². The third-order valence-corrected chi connectivity index (χ3v) is 3.85. The van der Waals surface area contributed by atoms with Crippen molar-refractivity contribution in [3.63, 3.8) is 0 Å². The normalized spacial score (nSPS) is 11.2. The van der Waals surface area contributed by atoms with Crippen LogP contribution in [0.5, 0.6) is 11.6 Å². The Kier molecular flexibility index (Phi) is 6.64. The van der Waals surface area contributed by atoms with E-state index in [4.69, 9.17) is 4.74 Å². The number of aromatic nitrogens is 2. The van der Waals surface area contributed by atoms with Crippen molar-refractivity contribution in [3.05, 3.63) is 72.6 Å². The minimum atomic E-state index is -5.10. The van der Waals surface area contributed by atoms with Crippen LogP contribution in [0.15, 0.2) is 67.0 Å². The van der Waals surface area contributed by atoms with Crippen LogP contribution in [-0.2, 0) is 9.53 Å². The highest BCUT2D eigenvalue weighted by atomic mass is 19.4. The van der Waals surface area contributed by atoms with Gasteiger partial charge in [-0.15, -0.1) is 0 Å². The largest absolute Gasteiger partial charge is 0.490 e. The maximum absolute atomic E-state index is 12.4. The zero-order valence-corrected chi connectivity index (χ0v) is 17.1. The predicted octanol–water partition coefficient (Wildman–Crippen LogP) is 5.25. The van der Waals surface area contributed by atoms with E-state index in [2.05, 4.69) is 31.9 Å². The van der Waals surface area contributed by atoms with Crippen LogP contribution in [0.25, 0.3) is 0 Å². The molecule has 0 bridgehead atoms. The van der Waals surface area contributed by atoms with Gasteiger partial charge in [-0.3, -0.25) is 0 Å². The second-order valence-corrected chi connectivity index (χ2v) is 6.97. The summed E-state index contributed by atoms with van der Waals surface area (Å²) in [5, 5.41) is 3.14. The second kappa shape index (κ2) is 9.39. The molecule has 0 unspecified atom stereocenters. The molecule has 3 rings (SSSR count). The Morgan fingerprint density at radius 2 is 1.69 bits per heavy atom. The first-order valence-corrected chi connectivity index (χ1v) is 9.37. The van der Waals surface area contributed by atoms with Crippen LogP contribution < -0.4 is 10.1 Å². The molecule has 3 aromatic rings. The number of anilines is 2. The molecule has 32 heavy (non-hydrogen) atoms. The Bertz CT molecular complexity index is 1140. The Morgan fingerprint density at radius 3 is 2.34 bits per heavy atom. The second-order valence-electron chi connectivity index (χ2n) is 6.97. The summed E-state index contributed by atoms with van der Waals surface area (Å²) in [7, 11) is 0. The van der Waals surface area contributed by atoms with Crippen LogP contribution in [0.1, 0.15) is 19.4 Å². The lowest BCUT2D eigenvalue weighted by molar-refractivity contribution is -0.207. The van der Waals surface area contributed by atoms with Crippen molar-refractivity contribution in [2.45, 2.75) is 25.6 Å². The Morgan fingerprint density at radius 1 is 0.969 bits per heavy atom. The van der Waals surface area contributed by atoms with Crippen molar-refractivity contribution in [1.82, 2.24) is 9.97 Å². The smallest absolute Gasteiger partial charge is 0.440 e. The number of esters is 1. The summed E-state index contributed by atoms with van der Waals surface area (Å²) in [5.41, 5.74) is -0.553. The van der Waals surface area contributed by atoms with Gasteiger partial charge in [-0.05, 0) is 62.4 Å². The summed E-state index contributed by atoms with van der Waals surface area (Å²) in [6.45, 7) is 2.52. The number of ether oxygens (including phenoxy) is 2. The van der Waals surface area contributed by atoms with Crippen molar-refractivity contribution < 1.29 is 27.4 Å². The Labute approximate surface area is 182 Å². The number of rotatable bonds is 5. The summed E-state index contributed by atoms with van der Waals surface area (Å²) in [6.07, 6.45) is -1.93. The number of halogens is 3. The maximum Gasteiger partial charge on any atom is 0.490 e. The molecule has 0 fully saturated rings. The van der Waals surface area contributed by atoms with Crippen molar-refractivity contribution in [1.29, 1.82) is 0 Å². The molecular formula is C23H18F3N3O3. The first-order valence-electron chi connectivity index (χ1n) is 9.37. The van der Waals surface area contributed by atoms with E-state index in [0.29, 0.717) is 17.1 Å². The molecule has 0 radical (unpaired) electrons. The van der Waals surface area contributed by atoms with Crippen molar-refractivity contribution in [2.24, 2.45) is 0 Å². The summed E-state index contributed by atoms with van der Waals surface area (Å²) < 4.78 is 47.5. The minimum absolute atomic E-state index is 0.156. The Hall–Kier alpha value is -4.06. The molecule has 6 nitrogen and oxygen atoms in total. The molecule has 1 aromatic carbocycles. The number of nitrogens with zero attached hydrogens (tertiary/aromatic N) is 2. The van der Waals surface area contributed by atoms with E-state index >= 15 is 0 Å². The van der Waals surface area contributed by atoms with Crippen LogP contribution in [0.2, 0.25) is 0 Å². The van der Waals surface area contributed by atoms with E-state index in [1.54, 1.807) is 42.6 Å². The van der Waals surface area contributed by atoms with E-state index in [1.165, 1.54) is 20.0 Å². The first kappa shape index (κ1) is 22.6. The number of carbonyl (C=O) groups is 1. The average Bonchev–Trinajstić information content (AvgIpc) is 2.74. The van der Waals surface area contributed by atoms with Crippen molar-refractivity contribution in [2.75, 3.05) is 5.32 Å². The summed E-state index contributed by atoms with van der Waals surface area (Å²) in [5.74, 6) is 4.20. The van der Waals surface area contributed by atoms with Gasteiger partial charge in [-0.25, -0.2) is 14.8 Å². The van der Waals surface area contributed by atoms with Crippen molar-refractivity contribution in [3.8, 4) is 23.5 Å². The fraction of sp³-hybridized carbons (Fsp3) is 0.174. The monoisotopic (exact) mass is 441 g/mol. The standard InChI is InChI=1S/C23H18F3N3O3/c1-22(2,32-21(30)23(24,25)26)13-12-16-6-5-15-28-20(16)31-18-10-8-17(9-11-18)29-19-7-3-4-14-27-19/h3-11,14-15H,1-2H3,(H,27,29). The number of hydrogen-bond donors (Lipinski definition) is 1. The lowest BCUT2D eigenvalue weighted by Gasteiger charge is -2.19. The van der Waals surface area contributed by atoms with Crippen molar-refractivity contribution >= 4 is 17.5 Å². The molecular weight excluding hydrogens is 423 g/mol. The molecule has 0 spiro atoms. The van der Waals surface area contributed by atoms with E-state index in [0.717, 1.165) is 5.69 Å². The Balaban J connectivity index is 1.72. The van der Waals surface area contributed by atoms with Gasteiger partial charge in [0.25, 0.3) is 0 Å². The SMILES string of the molecule is CC(C)(C#Cc1cccnc1Oc1ccc(Nc2ccccn2)cc1)OC(=O)C(F)(F)F. The lowest BCUT2D eigenvalue weighted by atomic mass is 10.1. The highest BCUT2D eigenvalue weighted by Gasteiger charge is 2.43. The first-order chi connectivity index (χ1) is 15.1. The molecule has 2 aromatic heterocycles. The molecule has 0 amide bonds. The quantitative estimate of drug-likeness (QED) is 0.431.